The fourth-order valence-electron chi connectivity index (χ4n) is 19.8. The molecule has 26 rings (SSSR count). The van der Waals surface area contributed by atoms with E-state index in [1.54, 1.807) is 0 Å². The highest BCUT2D eigenvalue weighted by Gasteiger charge is 2.28. The molecule has 0 fully saturated rings. The van der Waals surface area contributed by atoms with Crippen LogP contribution >= 0.6 is 0 Å². The maximum atomic E-state index is 7.10. The van der Waals surface area contributed by atoms with Crippen LogP contribution in [0.25, 0.3) is 256 Å². The first-order valence-corrected chi connectivity index (χ1v) is 45.9. The summed E-state index contributed by atoms with van der Waals surface area (Å²) in [6.07, 6.45) is 0. The largest absolute Gasteiger partial charge is 0.456 e. The van der Waals surface area contributed by atoms with Crippen molar-refractivity contribution in [1.82, 2.24) is 39.0 Å². The van der Waals surface area contributed by atoms with Gasteiger partial charge in [0.1, 0.15) is 22.3 Å². The van der Waals surface area contributed by atoms with E-state index >= 15 is 0 Å². The summed E-state index contributed by atoms with van der Waals surface area (Å²) >= 11 is 0. The van der Waals surface area contributed by atoms with E-state index in [-0.39, 0.29) is 0 Å². The maximum Gasteiger partial charge on any atom is 0.164 e. The molecule has 10 heteroatoms. The van der Waals surface area contributed by atoms with Crippen LogP contribution in [0.3, 0.4) is 0 Å². The van der Waals surface area contributed by atoms with Crippen LogP contribution in [0.5, 0.6) is 0 Å². The van der Waals surface area contributed by atoms with E-state index in [0.717, 1.165) is 205 Å². The van der Waals surface area contributed by atoms with Gasteiger partial charge in [-0.25, -0.2) is 29.9 Å². The Balaban J connectivity index is 0.000000145. The van der Waals surface area contributed by atoms with Crippen LogP contribution in [-0.2, 0) is 0 Å². The van der Waals surface area contributed by atoms with Gasteiger partial charge >= 0.3 is 0 Å². The molecule has 136 heavy (non-hydrogen) atoms. The number of hydrogen-bond acceptors (Lipinski definition) is 8. The average molecular weight is 1740 g/mol. The van der Waals surface area contributed by atoms with Gasteiger partial charge in [0, 0.05) is 94.1 Å². The summed E-state index contributed by atoms with van der Waals surface area (Å²) < 4.78 is 18.7. The zero-order chi connectivity index (χ0) is 89.9. The molecule has 0 atom stereocenters. The summed E-state index contributed by atoms with van der Waals surface area (Å²) in [5.74, 6) is 3.54. The number of benzene rings is 20. The molecule has 0 aliphatic heterocycles. The molecular formula is C126H80N8O2. The average Bonchev–Trinajstić information content (AvgIpc) is 1.54. The van der Waals surface area contributed by atoms with E-state index in [0.29, 0.717) is 34.9 Å². The summed E-state index contributed by atoms with van der Waals surface area (Å²) in [5, 5.41) is 8.90. The molecule has 0 bridgehead atoms. The second-order valence-electron chi connectivity index (χ2n) is 34.2. The van der Waals surface area contributed by atoms with Crippen molar-refractivity contribution < 1.29 is 8.83 Å². The third-order valence-electron chi connectivity index (χ3n) is 26.2. The topological polar surface area (TPSA) is 113 Å². The second-order valence-corrected chi connectivity index (χ2v) is 34.2. The summed E-state index contributed by atoms with van der Waals surface area (Å²) in [6, 6.07) is 170. The SMILES string of the molecule is c1ccc(-c2ccc(-c3ccccc3)c(-c3ccc(-c4cccc5c4oc4ccc6c7ccccc7n(-c7ccccc7)c6c45)c(-c4nc(-c5ccccc5)nc(-c5ccccc5)n4)c3)c2)cc1.c1ccc(-c2ccc(-c3ccccc3)c(-c3ccc(-c4cccc5oc6cc7c(cc6c45)c4ccccc4n7-c4ccccc4)c(-c4nc(-c5ccccc5)nc(-c5ccccc5)n4)c3)c2)cc1. The van der Waals surface area contributed by atoms with Crippen molar-refractivity contribution in [1.29, 1.82) is 0 Å². The zero-order valence-electron chi connectivity index (χ0n) is 73.6. The van der Waals surface area contributed by atoms with Crippen LogP contribution in [0.15, 0.2) is 494 Å². The Bertz CT molecular complexity index is 8930. The van der Waals surface area contributed by atoms with Gasteiger partial charge in [-0.05, 0) is 168 Å². The second kappa shape index (κ2) is 34.2. The van der Waals surface area contributed by atoms with Gasteiger partial charge in [0.25, 0.3) is 0 Å². The lowest BCUT2D eigenvalue weighted by atomic mass is 9.88. The highest BCUT2D eigenvalue weighted by Crippen LogP contribution is 2.50. The molecule has 0 aliphatic rings. The van der Waals surface area contributed by atoms with Crippen molar-refractivity contribution in [2.24, 2.45) is 0 Å². The van der Waals surface area contributed by atoms with Crippen molar-refractivity contribution in [3.05, 3.63) is 485 Å². The predicted octanol–water partition coefficient (Wildman–Crippen LogP) is 33.1. The standard InChI is InChI=1S/2C63H40N4O/c1-6-19-41(20-7-1)45-33-35-48(42-21-8-2-9-22-42)54(39-45)46-34-36-49(55(40-46)63-65-61(43-23-10-3-11-24-43)64-62(66-63)44-25-12-4-13-26-44)52-30-18-31-53-58-57(68-60(52)53)38-37-51-50-29-16-17-32-56(50)67(59(51)58)47-27-14-5-15-28-47;1-6-19-41(20-7-1)45-33-35-48(42-21-8-2-9-22-42)52(37-45)46-34-36-49(54(38-46)63-65-61(43-23-10-3-11-24-43)64-62(66-63)44-25-12-4-13-26-44)51-30-18-32-58-60(51)55-39-53-50-29-16-17-31-56(50)67(47-27-14-5-15-28-47)57(53)40-59(55)68-58/h2*1-40H. The molecule has 6 heterocycles. The lowest BCUT2D eigenvalue weighted by Gasteiger charge is -2.17. The molecule has 0 amide bonds. The molecule has 0 saturated heterocycles. The Morgan fingerprint density at radius 1 is 0.154 bits per heavy atom. The Labute approximate surface area is 784 Å². The van der Waals surface area contributed by atoms with Gasteiger partial charge in [0.05, 0.1) is 27.5 Å². The van der Waals surface area contributed by atoms with E-state index in [1.165, 1.54) is 16.2 Å². The lowest BCUT2D eigenvalue weighted by molar-refractivity contribution is 0.669. The summed E-state index contributed by atoms with van der Waals surface area (Å²) in [4.78, 5) is 31.6. The van der Waals surface area contributed by atoms with Crippen LogP contribution in [0.1, 0.15) is 0 Å². The molecule has 20 aromatic carbocycles. The lowest BCUT2D eigenvalue weighted by Crippen LogP contribution is -2.01. The summed E-state index contributed by atoms with van der Waals surface area (Å²) in [5.41, 5.74) is 32.6. The predicted molar refractivity (Wildman–Crippen MR) is 559 cm³/mol. The molecule has 636 valence electrons. The van der Waals surface area contributed by atoms with Crippen LogP contribution in [0.2, 0.25) is 0 Å². The zero-order valence-corrected chi connectivity index (χ0v) is 73.6. The van der Waals surface area contributed by atoms with Gasteiger partial charge in [-0.2, -0.15) is 0 Å². The van der Waals surface area contributed by atoms with Gasteiger partial charge in [-0.15, -0.1) is 0 Å². The third kappa shape index (κ3) is 14.4. The first-order chi connectivity index (χ1) is 67.4. The van der Waals surface area contributed by atoms with Crippen molar-refractivity contribution in [2.75, 3.05) is 0 Å². The fraction of sp³-hybridized carbons (Fsp3) is 0. The van der Waals surface area contributed by atoms with Gasteiger partial charge in [-0.1, -0.05) is 394 Å². The van der Waals surface area contributed by atoms with Crippen molar-refractivity contribution in [3.8, 4) is 169 Å². The Hall–Kier alpha value is -18.4. The Kier molecular flexibility index (Phi) is 20.0. The molecule has 0 unspecified atom stereocenters. The normalized spacial score (nSPS) is 11.5. The summed E-state index contributed by atoms with van der Waals surface area (Å²) in [6.45, 7) is 0. The number of hydrogen-bond donors (Lipinski definition) is 0. The molecule has 10 nitrogen and oxygen atoms in total. The molecule has 6 aromatic heterocycles. The van der Waals surface area contributed by atoms with E-state index in [2.05, 4.69) is 422 Å². The van der Waals surface area contributed by atoms with E-state index < -0.39 is 0 Å². The molecule has 0 saturated carbocycles. The van der Waals surface area contributed by atoms with Gasteiger partial charge in [-0.3, -0.25) is 0 Å². The highest BCUT2D eigenvalue weighted by molar-refractivity contribution is 6.26. The van der Waals surface area contributed by atoms with E-state index in [4.69, 9.17) is 38.7 Å². The first-order valence-electron chi connectivity index (χ1n) is 45.9. The fourth-order valence-corrected chi connectivity index (χ4v) is 19.8. The number of fused-ring (bicyclic) bond motifs is 13. The van der Waals surface area contributed by atoms with Crippen molar-refractivity contribution >= 4 is 87.5 Å². The molecular weight excluding hydrogens is 1660 g/mol. The molecule has 0 spiro atoms. The molecule has 0 N–H and O–H groups in total. The molecule has 26 aromatic rings. The quantitative estimate of drug-likeness (QED) is 0.0940. The molecule has 0 radical (unpaired) electrons. The van der Waals surface area contributed by atoms with Crippen molar-refractivity contribution in [3.63, 3.8) is 0 Å². The Morgan fingerprint density at radius 2 is 0.507 bits per heavy atom. The molecule has 0 aliphatic carbocycles. The van der Waals surface area contributed by atoms with Gasteiger partial charge in [0.2, 0.25) is 0 Å². The Morgan fingerprint density at radius 3 is 0.985 bits per heavy atom. The minimum atomic E-state index is 0.565. The summed E-state index contributed by atoms with van der Waals surface area (Å²) in [7, 11) is 0. The van der Waals surface area contributed by atoms with Crippen LogP contribution in [0, 0.1) is 0 Å². The van der Waals surface area contributed by atoms with Crippen LogP contribution < -0.4 is 0 Å². The van der Waals surface area contributed by atoms with Gasteiger partial charge < -0.3 is 18.0 Å². The third-order valence-corrected chi connectivity index (χ3v) is 26.2. The number of furan rings is 2. The van der Waals surface area contributed by atoms with Crippen LogP contribution in [0.4, 0.5) is 0 Å². The van der Waals surface area contributed by atoms with Crippen molar-refractivity contribution in [2.45, 2.75) is 0 Å². The number of nitrogens with zero attached hydrogens (tertiary/aromatic N) is 8. The minimum absolute atomic E-state index is 0.565. The maximum absolute atomic E-state index is 7.10. The highest BCUT2D eigenvalue weighted by atomic mass is 16.3. The van der Waals surface area contributed by atoms with Crippen LogP contribution in [-0.4, -0.2) is 39.0 Å². The minimum Gasteiger partial charge on any atom is -0.456 e. The number of rotatable bonds is 16. The number of para-hydroxylation sites is 5. The van der Waals surface area contributed by atoms with E-state index in [9.17, 15) is 0 Å². The van der Waals surface area contributed by atoms with E-state index in [1.807, 2.05) is 72.8 Å². The monoisotopic (exact) mass is 1740 g/mol. The number of aromatic nitrogens is 8. The first kappa shape index (κ1) is 79.8. The van der Waals surface area contributed by atoms with Gasteiger partial charge in [0.15, 0.2) is 34.9 Å². The smallest absolute Gasteiger partial charge is 0.164 e.